The van der Waals surface area contributed by atoms with Gasteiger partial charge in [0.05, 0.1) is 10.6 Å². The van der Waals surface area contributed by atoms with Crippen LogP contribution in [0, 0.1) is 0 Å². The molecule has 0 radical (unpaired) electrons. The summed E-state index contributed by atoms with van der Waals surface area (Å²) in [5, 5.41) is 0.282. The van der Waals surface area contributed by atoms with Gasteiger partial charge in [0, 0.05) is 13.0 Å². The third kappa shape index (κ3) is 2.45. The molecular formula is C13H15ClN2O3S. The highest BCUT2D eigenvalue weighted by molar-refractivity contribution is 7.90. The van der Waals surface area contributed by atoms with E-state index in [-0.39, 0.29) is 21.7 Å². The molecule has 0 aliphatic carbocycles. The Labute approximate surface area is 123 Å². The van der Waals surface area contributed by atoms with Gasteiger partial charge in [-0.2, -0.15) is 8.42 Å². The van der Waals surface area contributed by atoms with E-state index in [0.29, 0.717) is 24.9 Å². The number of carbonyl (C=O) groups excluding carboxylic acids is 1. The predicted octanol–water partition coefficient (Wildman–Crippen LogP) is 2.44. The Bertz CT molecular complexity index is 683. The fourth-order valence-corrected chi connectivity index (χ4v) is 3.66. The molecule has 1 aliphatic heterocycles. The van der Waals surface area contributed by atoms with Gasteiger partial charge in [-0.3, -0.25) is 9.69 Å². The average molecular weight is 315 g/mol. The van der Waals surface area contributed by atoms with Crippen molar-refractivity contribution in [2.24, 2.45) is 4.40 Å². The van der Waals surface area contributed by atoms with Gasteiger partial charge in [0.25, 0.3) is 10.0 Å². The summed E-state index contributed by atoms with van der Waals surface area (Å²) < 4.78 is 27.8. The molecule has 1 amide bonds. The molecule has 5 nitrogen and oxygen atoms in total. The SMILES string of the molecule is CCCC(=O)N(CC)C1=NS(=O)(=O)c2cccc(Cl)c21. The highest BCUT2D eigenvalue weighted by atomic mass is 35.5. The summed E-state index contributed by atoms with van der Waals surface area (Å²) in [6.45, 7) is 4.01. The molecule has 0 bridgehead atoms. The summed E-state index contributed by atoms with van der Waals surface area (Å²) in [6.07, 6.45) is 1.03. The van der Waals surface area contributed by atoms with Crippen LogP contribution in [0.4, 0.5) is 0 Å². The molecule has 1 aromatic rings. The molecule has 7 heteroatoms. The van der Waals surface area contributed by atoms with Crippen molar-refractivity contribution in [2.45, 2.75) is 31.6 Å². The van der Waals surface area contributed by atoms with Crippen molar-refractivity contribution in [3.63, 3.8) is 0 Å². The third-order valence-electron chi connectivity index (χ3n) is 3.02. The molecule has 2 rings (SSSR count). The van der Waals surface area contributed by atoms with Crippen LogP contribution in [0.2, 0.25) is 5.02 Å². The normalized spacial score (nSPS) is 15.7. The molecule has 1 aromatic carbocycles. The van der Waals surface area contributed by atoms with Gasteiger partial charge >= 0.3 is 0 Å². The van der Waals surface area contributed by atoms with Crippen LogP contribution >= 0.6 is 11.6 Å². The van der Waals surface area contributed by atoms with Crippen LogP contribution in [-0.4, -0.2) is 31.6 Å². The quantitative estimate of drug-likeness (QED) is 0.860. The second-order valence-corrected chi connectivity index (χ2v) is 6.37. The summed E-state index contributed by atoms with van der Waals surface area (Å²) in [7, 11) is -3.77. The van der Waals surface area contributed by atoms with Crippen molar-refractivity contribution >= 4 is 33.4 Å². The number of hydrogen-bond acceptors (Lipinski definition) is 3. The van der Waals surface area contributed by atoms with E-state index in [9.17, 15) is 13.2 Å². The van der Waals surface area contributed by atoms with Gasteiger partial charge in [-0.25, -0.2) is 0 Å². The Morgan fingerprint density at radius 1 is 1.35 bits per heavy atom. The van der Waals surface area contributed by atoms with Crippen LogP contribution in [0.25, 0.3) is 0 Å². The lowest BCUT2D eigenvalue weighted by atomic mass is 10.1. The first-order valence-corrected chi connectivity index (χ1v) is 8.18. The third-order valence-corrected chi connectivity index (χ3v) is 4.64. The largest absolute Gasteiger partial charge is 0.296 e. The van der Waals surface area contributed by atoms with E-state index >= 15 is 0 Å². The van der Waals surface area contributed by atoms with Crippen molar-refractivity contribution in [1.29, 1.82) is 0 Å². The summed E-state index contributed by atoms with van der Waals surface area (Å²) in [4.78, 5) is 13.5. The number of sulfonamides is 1. The van der Waals surface area contributed by atoms with Gasteiger partial charge in [0.2, 0.25) is 5.91 Å². The van der Waals surface area contributed by atoms with Crippen molar-refractivity contribution in [2.75, 3.05) is 6.54 Å². The van der Waals surface area contributed by atoms with E-state index in [1.54, 1.807) is 19.1 Å². The van der Waals surface area contributed by atoms with Crippen molar-refractivity contribution in [3.8, 4) is 0 Å². The highest BCUT2D eigenvalue weighted by Crippen LogP contribution is 2.33. The minimum absolute atomic E-state index is 0.0581. The summed E-state index contributed by atoms with van der Waals surface area (Å²) in [6, 6.07) is 4.60. The number of nitrogens with zero attached hydrogens (tertiary/aromatic N) is 2. The van der Waals surface area contributed by atoms with Crippen LogP contribution < -0.4 is 0 Å². The fraction of sp³-hybridized carbons (Fsp3) is 0.385. The molecule has 1 heterocycles. The molecule has 0 N–H and O–H groups in total. The van der Waals surface area contributed by atoms with E-state index in [1.807, 2.05) is 6.92 Å². The zero-order valence-corrected chi connectivity index (χ0v) is 12.8. The Morgan fingerprint density at radius 2 is 2.05 bits per heavy atom. The minimum Gasteiger partial charge on any atom is -0.296 e. The molecule has 0 aromatic heterocycles. The fourth-order valence-electron chi connectivity index (χ4n) is 2.12. The Balaban J connectivity index is 2.57. The van der Waals surface area contributed by atoms with Gasteiger partial charge in [0.15, 0.2) is 5.84 Å². The number of rotatable bonds is 3. The van der Waals surface area contributed by atoms with Gasteiger partial charge < -0.3 is 0 Å². The van der Waals surface area contributed by atoms with E-state index < -0.39 is 10.0 Å². The standard InChI is InChI=1S/C13H15ClN2O3S/c1-3-6-11(17)16(4-2)13-12-9(14)7-5-8-10(12)20(18,19)15-13/h5,7-8H,3-4,6H2,1-2H3. The molecule has 0 unspecified atom stereocenters. The lowest BCUT2D eigenvalue weighted by Gasteiger charge is -2.20. The lowest BCUT2D eigenvalue weighted by Crippen LogP contribution is -2.36. The lowest BCUT2D eigenvalue weighted by molar-refractivity contribution is -0.127. The second-order valence-electron chi connectivity index (χ2n) is 4.39. The number of amidine groups is 1. The van der Waals surface area contributed by atoms with Crippen LogP contribution in [0.1, 0.15) is 32.3 Å². The highest BCUT2D eigenvalue weighted by Gasteiger charge is 2.35. The summed E-state index contributed by atoms with van der Waals surface area (Å²) >= 11 is 6.09. The monoisotopic (exact) mass is 314 g/mol. The molecule has 0 fully saturated rings. The molecule has 0 spiro atoms. The summed E-state index contributed by atoms with van der Waals surface area (Å²) in [5.74, 6) is -0.0248. The van der Waals surface area contributed by atoms with Crippen molar-refractivity contribution < 1.29 is 13.2 Å². The van der Waals surface area contributed by atoms with E-state index in [0.717, 1.165) is 0 Å². The van der Waals surface area contributed by atoms with Crippen LogP contribution in [-0.2, 0) is 14.8 Å². The van der Waals surface area contributed by atoms with Crippen molar-refractivity contribution in [1.82, 2.24) is 4.90 Å². The van der Waals surface area contributed by atoms with Crippen LogP contribution in [0.3, 0.4) is 0 Å². The molecule has 1 aliphatic rings. The topological polar surface area (TPSA) is 66.8 Å². The Kier molecular flexibility index (Phi) is 4.15. The molecule has 0 saturated heterocycles. The molecular weight excluding hydrogens is 300 g/mol. The Morgan fingerprint density at radius 3 is 2.65 bits per heavy atom. The smallest absolute Gasteiger partial charge is 0.285 e. The molecule has 20 heavy (non-hydrogen) atoms. The first-order chi connectivity index (χ1) is 9.42. The number of carbonyl (C=O) groups is 1. The number of halogens is 1. The zero-order chi connectivity index (χ0) is 14.9. The Hall–Kier alpha value is -1.40. The number of fused-ring (bicyclic) bond motifs is 1. The number of hydrogen-bond donors (Lipinski definition) is 0. The van der Waals surface area contributed by atoms with Gasteiger partial charge in [0.1, 0.15) is 4.90 Å². The summed E-state index contributed by atoms with van der Waals surface area (Å²) in [5.41, 5.74) is 0.320. The first-order valence-electron chi connectivity index (χ1n) is 6.36. The molecule has 108 valence electrons. The van der Waals surface area contributed by atoms with E-state index in [2.05, 4.69) is 4.40 Å². The number of amides is 1. The van der Waals surface area contributed by atoms with Gasteiger partial charge in [-0.1, -0.05) is 24.6 Å². The van der Waals surface area contributed by atoms with Gasteiger partial charge in [-0.15, -0.1) is 4.40 Å². The van der Waals surface area contributed by atoms with Crippen molar-refractivity contribution in [3.05, 3.63) is 28.8 Å². The maximum atomic E-state index is 12.1. The zero-order valence-electron chi connectivity index (χ0n) is 11.3. The predicted molar refractivity (Wildman–Crippen MR) is 77.5 cm³/mol. The maximum absolute atomic E-state index is 12.1. The van der Waals surface area contributed by atoms with E-state index in [1.165, 1.54) is 11.0 Å². The van der Waals surface area contributed by atoms with Gasteiger partial charge in [-0.05, 0) is 25.5 Å². The van der Waals surface area contributed by atoms with Crippen LogP contribution in [0.15, 0.2) is 27.5 Å². The number of benzene rings is 1. The molecule has 0 atom stereocenters. The minimum atomic E-state index is -3.77. The second kappa shape index (κ2) is 5.54. The van der Waals surface area contributed by atoms with E-state index in [4.69, 9.17) is 11.6 Å². The van der Waals surface area contributed by atoms with Crippen LogP contribution in [0.5, 0.6) is 0 Å². The average Bonchev–Trinajstić information content (AvgIpc) is 2.64. The molecule has 0 saturated carbocycles. The maximum Gasteiger partial charge on any atom is 0.285 e. The first kappa shape index (κ1) is 15.0.